The van der Waals surface area contributed by atoms with Crippen molar-refractivity contribution in [2.75, 3.05) is 17.2 Å². The molecule has 0 aliphatic carbocycles. The lowest BCUT2D eigenvalue weighted by atomic mass is 10.0. The molecular weight excluding hydrogens is 430 g/mol. The Balaban J connectivity index is 1.37. The fourth-order valence-electron chi connectivity index (χ4n) is 4.27. The van der Waals surface area contributed by atoms with Crippen molar-refractivity contribution in [3.8, 4) is 0 Å². The first kappa shape index (κ1) is 23.0. The summed E-state index contributed by atoms with van der Waals surface area (Å²) in [5.74, 6) is -0.972. The lowest BCUT2D eigenvalue weighted by Crippen LogP contribution is -2.31. The summed E-state index contributed by atoms with van der Waals surface area (Å²) in [7, 11) is 0. The Bertz CT molecular complexity index is 1210. The summed E-state index contributed by atoms with van der Waals surface area (Å²) in [6.45, 7) is 2.58. The Hall–Kier alpha value is -4.13. The molecule has 1 aliphatic rings. The molecule has 0 saturated carbocycles. The number of benzene rings is 3. The minimum atomic E-state index is -0.973. The molecule has 3 aromatic carbocycles. The van der Waals surface area contributed by atoms with Crippen LogP contribution in [0, 0.1) is 6.92 Å². The van der Waals surface area contributed by atoms with Gasteiger partial charge in [-0.05, 0) is 66.8 Å². The Morgan fingerprint density at radius 1 is 0.971 bits per heavy atom. The average molecular weight is 458 g/mol. The second-order valence-corrected chi connectivity index (χ2v) is 8.44. The number of hydrogen-bond donors (Lipinski definition) is 3. The zero-order valence-electron chi connectivity index (χ0n) is 19.0. The van der Waals surface area contributed by atoms with E-state index in [2.05, 4.69) is 10.6 Å². The Morgan fingerprint density at radius 3 is 2.47 bits per heavy atom. The number of aromatic carboxylic acids is 1. The van der Waals surface area contributed by atoms with Gasteiger partial charge in [0, 0.05) is 17.9 Å². The Kier molecular flexibility index (Phi) is 6.92. The minimum absolute atomic E-state index is 0.00114. The molecule has 1 saturated heterocycles. The van der Waals surface area contributed by atoms with E-state index >= 15 is 0 Å². The third kappa shape index (κ3) is 5.43. The molecule has 1 unspecified atom stereocenters. The molecule has 0 radical (unpaired) electrons. The molecule has 0 bridgehead atoms. The highest BCUT2D eigenvalue weighted by atomic mass is 16.4. The van der Waals surface area contributed by atoms with Gasteiger partial charge in [-0.25, -0.2) is 9.59 Å². The maximum Gasteiger partial charge on any atom is 0.335 e. The third-order valence-electron chi connectivity index (χ3n) is 6.05. The Labute approximate surface area is 198 Å². The fourth-order valence-corrected chi connectivity index (χ4v) is 4.27. The second-order valence-electron chi connectivity index (χ2n) is 8.44. The van der Waals surface area contributed by atoms with Gasteiger partial charge in [0.05, 0.1) is 18.0 Å². The molecule has 1 heterocycles. The van der Waals surface area contributed by atoms with Crippen LogP contribution < -0.4 is 10.6 Å². The van der Waals surface area contributed by atoms with Crippen LogP contribution in [0.1, 0.15) is 45.9 Å². The van der Waals surface area contributed by atoms with Gasteiger partial charge in [-0.1, -0.05) is 42.5 Å². The normalized spacial score (nSPS) is 15.1. The predicted molar refractivity (Wildman–Crippen MR) is 131 cm³/mol. The largest absolute Gasteiger partial charge is 0.478 e. The molecule has 7 nitrogen and oxygen atoms in total. The molecule has 0 spiro atoms. The Morgan fingerprint density at radius 2 is 1.74 bits per heavy atom. The first-order valence-electron chi connectivity index (χ1n) is 11.3. The molecule has 34 heavy (non-hydrogen) atoms. The number of nitrogens with one attached hydrogen (secondary N) is 2. The number of aryl methyl sites for hydroxylation is 1. The van der Waals surface area contributed by atoms with Gasteiger partial charge in [0.25, 0.3) is 0 Å². The average Bonchev–Trinajstić information content (AvgIpc) is 3.32. The summed E-state index contributed by atoms with van der Waals surface area (Å²) in [6, 6.07) is 21.1. The highest BCUT2D eigenvalue weighted by molar-refractivity contribution is 6.00. The number of anilines is 2. The fraction of sp³-hybridized carbons (Fsp3) is 0.222. The van der Waals surface area contributed by atoms with Crippen LogP contribution in [0.4, 0.5) is 16.2 Å². The predicted octanol–water partition coefficient (Wildman–Crippen LogP) is 5.24. The molecule has 1 aliphatic heterocycles. The zero-order valence-corrected chi connectivity index (χ0v) is 19.0. The van der Waals surface area contributed by atoms with Crippen LogP contribution in [0.5, 0.6) is 0 Å². The van der Waals surface area contributed by atoms with E-state index in [1.54, 1.807) is 30.3 Å². The van der Waals surface area contributed by atoms with Gasteiger partial charge in [-0.2, -0.15) is 0 Å². The number of para-hydroxylation sites is 1. The molecule has 4 rings (SSSR count). The van der Waals surface area contributed by atoms with Crippen LogP contribution in [0.2, 0.25) is 0 Å². The molecule has 3 N–H and O–H groups in total. The first-order chi connectivity index (χ1) is 16.4. The van der Waals surface area contributed by atoms with E-state index in [-0.39, 0.29) is 30.0 Å². The molecule has 0 aromatic heterocycles. The van der Waals surface area contributed by atoms with Gasteiger partial charge in [-0.15, -0.1) is 0 Å². The van der Waals surface area contributed by atoms with E-state index in [1.807, 2.05) is 54.3 Å². The lowest BCUT2D eigenvalue weighted by Gasteiger charge is -2.25. The zero-order chi connectivity index (χ0) is 24.1. The van der Waals surface area contributed by atoms with E-state index in [0.717, 1.165) is 35.2 Å². The van der Waals surface area contributed by atoms with Gasteiger partial charge in [0.1, 0.15) is 0 Å². The van der Waals surface area contributed by atoms with E-state index in [1.165, 1.54) is 0 Å². The van der Waals surface area contributed by atoms with Crippen LogP contribution in [-0.4, -0.2) is 34.5 Å². The number of carbonyl (C=O) groups excluding carboxylic acids is 2. The quantitative estimate of drug-likeness (QED) is 0.471. The summed E-state index contributed by atoms with van der Waals surface area (Å²) in [5, 5.41) is 14.9. The number of nitrogens with zero attached hydrogens (tertiary/aromatic N) is 1. The van der Waals surface area contributed by atoms with Crippen LogP contribution in [0.15, 0.2) is 72.8 Å². The van der Waals surface area contributed by atoms with Crippen molar-refractivity contribution in [2.45, 2.75) is 32.2 Å². The van der Waals surface area contributed by atoms with Crippen LogP contribution >= 0.6 is 0 Å². The van der Waals surface area contributed by atoms with Gasteiger partial charge in [0.15, 0.2) is 0 Å². The number of carbonyl (C=O) groups is 3. The number of carboxylic acids is 1. The van der Waals surface area contributed by atoms with Gasteiger partial charge in [0.2, 0.25) is 5.91 Å². The summed E-state index contributed by atoms with van der Waals surface area (Å²) in [4.78, 5) is 38.5. The first-order valence-corrected chi connectivity index (χ1v) is 11.3. The third-order valence-corrected chi connectivity index (χ3v) is 6.05. The smallest absolute Gasteiger partial charge is 0.335 e. The number of likely N-dealkylation sites (tertiary alicyclic amines) is 1. The number of urea groups is 1. The summed E-state index contributed by atoms with van der Waals surface area (Å²) in [5.41, 5.74) is 4.28. The van der Waals surface area contributed by atoms with Crippen molar-refractivity contribution >= 4 is 29.3 Å². The van der Waals surface area contributed by atoms with Crippen LogP contribution in [0.25, 0.3) is 0 Å². The topological polar surface area (TPSA) is 98.7 Å². The molecular formula is C27H27N3O4. The van der Waals surface area contributed by atoms with Crippen molar-refractivity contribution in [1.29, 1.82) is 0 Å². The SMILES string of the molecule is Cc1ccccc1NC(=O)Nc1ccc(CC(=O)N2CCCC2c2cccc(C(=O)O)c2)cc1. The summed E-state index contributed by atoms with van der Waals surface area (Å²) in [6.07, 6.45) is 1.94. The number of amides is 3. The standard InChI is InChI=1S/C27H27N3O4/c1-18-6-2-3-9-23(18)29-27(34)28-22-13-11-19(12-14-22)16-25(31)30-15-5-10-24(30)20-7-4-8-21(17-20)26(32)33/h2-4,6-9,11-14,17,24H,5,10,15-16H2,1H3,(H,32,33)(H2,28,29,34). The summed E-state index contributed by atoms with van der Waals surface area (Å²) >= 11 is 0. The van der Waals surface area contributed by atoms with Crippen molar-refractivity contribution in [3.05, 3.63) is 95.1 Å². The van der Waals surface area contributed by atoms with Crippen LogP contribution in [-0.2, 0) is 11.2 Å². The highest BCUT2D eigenvalue weighted by Crippen LogP contribution is 2.33. The van der Waals surface area contributed by atoms with Gasteiger partial charge < -0.3 is 20.6 Å². The van der Waals surface area contributed by atoms with Gasteiger partial charge in [-0.3, -0.25) is 4.79 Å². The van der Waals surface area contributed by atoms with Crippen molar-refractivity contribution in [2.24, 2.45) is 0 Å². The molecule has 1 fully saturated rings. The number of hydrogen-bond acceptors (Lipinski definition) is 3. The molecule has 7 heteroatoms. The van der Waals surface area contributed by atoms with Crippen molar-refractivity contribution in [3.63, 3.8) is 0 Å². The van der Waals surface area contributed by atoms with Gasteiger partial charge >= 0.3 is 12.0 Å². The number of carboxylic acid groups (broad SMARTS) is 1. The number of rotatable bonds is 6. The van der Waals surface area contributed by atoms with Crippen LogP contribution in [0.3, 0.4) is 0 Å². The highest BCUT2D eigenvalue weighted by Gasteiger charge is 2.30. The van der Waals surface area contributed by atoms with E-state index < -0.39 is 5.97 Å². The van der Waals surface area contributed by atoms with E-state index in [0.29, 0.717) is 12.2 Å². The lowest BCUT2D eigenvalue weighted by molar-refractivity contribution is -0.131. The molecule has 174 valence electrons. The second kappa shape index (κ2) is 10.2. The van der Waals surface area contributed by atoms with Crippen molar-refractivity contribution in [1.82, 2.24) is 4.90 Å². The van der Waals surface area contributed by atoms with E-state index in [4.69, 9.17) is 0 Å². The van der Waals surface area contributed by atoms with Crippen molar-refractivity contribution < 1.29 is 19.5 Å². The summed E-state index contributed by atoms with van der Waals surface area (Å²) < 4.78 is 0. The minimum Gasteiger partial charge on any atom is -0.478 e. The van der Waals surface area contributed by atoms with E-state index in [9.17, 15) is 19.5 Å². The maximum atomic E-state index is 13.0. The molecule has 1 atom stereocenters. The monoisotopic (exact) mass is 457 g/mol. The molecule has 3 amide bonds. The molecule has 3 aromatic rings. The maximum absolute atomic E-state index is 13.0.